The number of carbonyl (C=O) groups excluding carboxylic acids is 2. The van der Waals surface area contributed by atoms with E-state index in [0.717, 1.165) is 0 Å². The van der Waals surface area contributed by atoms with E-state index >= 15 is 0 Å². The molecular weight excluding hydrogens is 132 g/mol. The van der Waals surface area contributed by atoms with Crippen molar-refractivity contribution in [2.24, 2.45) is 17.4 Å². The van der Waals surface area contributed by atoms with Crippen molar-refractivity contribution in [1.82, 2.24) is 0 Å². The van der Waals surface area contributed by atoms with E-state index in [0.29, 0.717) is 0 Å². The van der Waals surface area contributed by atoms with Crippen LogP contribution < -0.4 is 11.5 Å². The Morgan fingerprint density at radius 2 is 2.00 bits per heavy atom. The molecule has 4 N–H and O–H groups in total. The van der Waals surface area contributed by atoms with E-state index in [2.05, 4.69) is 0 Å². The number of amides is 2. The van der Waals surface area contributed by atoms with Crippen molar-refractivity contribution >= 4 is 11.8 Å². The van der Waals surface area contributed by atoms with Crippen LogP contribution in [0.15, 0.2) is 0 Å². The zero-order valence-electron chi connectivity index (χ0n) is 5.83. The first-order valence-corrected chi connectivity index (χ1v) is 2.95. The molecule has 0 fully saturated rings. The molecule has 0 bridgehead atoms. The summed E-state index contributed by atoms with van der Waals surface area (Å²) < 4.78 is 0. The third-order valence-corrected chi connectivity index (χ3v) is 0.972. The summed E-state index contributed by atoms with van der Waals surface area (Å²) in [4.78, 5) is 20.4. The minimum atomic E-state index is -0.520. The molecule has 0 spiro atoms. The smallest absolute Gasteiger partial charge is 0.221 e. The first kappa shape index (κ1) is 8.94. The molecule has 57 valence electrons. The van der Waals surface area contributed by atoms with Crippen LogP contribution in [0.4, 0.5) is 0 Å². The number of hydrogen-bond donors (Lipinski definition) is 2. The first-order valence-electron chi connectivity index (χ1n) is 2.95. The molecule has 0 aliphatic rings. The van der Waals surface area contributed by atoms with E-state index in [1.807, 2.05) is 0 Å². The third kappa shape index (κ3) is 5.08. The molecular formula is C6H11N2O2. The number of nitrogens with two attached hydrogens (primary N) is 2. The molecule has 1 atom stereocenters. The van der Waals surface area contributed by atoms with E-state index in [4.69, 9.17) is 11.5 Å². The summed E-state index contributed by atoms with van der Waals surface area (Å²) in [6.07, 6.45) is 1.44. The van der Waals surface area contributed by atoms with Crippen molar-refractivity contribution in [1.29, 1.82) is 0 Å². The maximum absolute atomic E-state index is 10.2. The van der Waals surface area contributed by atoms with Gasteiger partial charge in [0, 0.05) is 6.42 Å². The predicted octanol–water partition coefficient (Wildman–Crippen LogP) is -0.813. The molecule has 0 aromatic carbocycles. The van der Waals surface area contributed by atoms with Gasteiger partial charge in [0.1, 0.15) is 0 Å². The van der Waals surface area contributed by atoms with Gasteiger partial charge < -0.3 is 11.5 Å². The number of rotatable bonds is 4. The fraction of sp³-hybridized carbons (Fsp3) is 0.500. The van der Waals surface area contributed by atoms with Gasteiger partial charge in [-0.05, 0) is 5.92 Å². The molecule has 0 heterocycles. The summed E-state index contributed by atoms with van der Waals surface area (Å²) in [5.74, 6) is -1.10. The summed E-state index contributed by atoms with van der Waals surface area (Å²) >= 11 is 0. The lowest BCUT2D eigenvalue weighted by Gasteiger charge is -2.03. The van der Waals surface area contributed by atoms with Crippen molar-refractivity contribution in [3.8, 4) is 0 Å². The van der Waals surface area contributed by atoms with Gasteiger partial charge in [-0.3, -0.25) is 9.59 Å². The zero-order chi connectivity index (χ0) is 8.15. The fourth-order valence-corrected chi connectivity index (χ4v) is 0.657. The van der Waals surface area contributed by atoms with Gasteiger partial charge in [0.15, 0.2) is 0 Å². The van der Waals surface area contributed by atoms with Crippen LogP contribution in [0, 0.1) is 12.3 Å². The molecule has 0 saturated carbocycles. The largest absolute Gasteiger partial charge is 0.370 e. The Balaban J connectivity index is 3.53. The van der Waals surface area contributed by atoms with Crippen molar-refractivity contribution < 1.29 is 9.59 Å². The number of hydrogen-bond acceptors (Lipinski definition) is 2. The minimum Gasteiger partial charge on any atom is -0.370 e. The summed E-state index contributed by atoms with van der Waals surface area (Å²) in [6, 6.07) is 0. The van der Waals surface area contributed by atoms with E-state index in [1.165, 1.54) is 6.42 Å². The van der Waals surface area contributed by atoms with Gasteiger partial charge in [0.25, 0.3) is 0 Å². The SMILES string of the molecule is C[C@@H]([CH]C(N)=O)CC(N)=O. The van der Waals surface area contributed by atoms with Gasteiger partial charge >= 0.3 is 0 Å². The van der Waals surface area contributed by atoms with Gasteiger partial charge in [0.05, 0.1) is 6.42 Å². The highest BCUT2D eigenvalue weighted by Crippen LogP contribution is 2.03. The van der Waals surface area contributed by atoms with E-state index < -0.39 is 11.8 Å². The summed E-state index contributed by atoms with van der Waals surface area (Å²) in [5.41, 5.74) is 9.68. The molecule has 0 aromatic heterocycles. The summed E-state index contributed by atoms with van der Waals surface area (Å²) in [5, 5.41) is 0. The van der Waals surface area contributed by atoms with Crippen LogP contribution in [0.1, 0.15) is 13.3 Å². The molecule has 0 aliphatic carbocycles. The second kappa shape index (κ2) is 3.87. The van der Waals surface area contributed by atoms with Crippen molar-refractivity contribution in [3.63, 3.8) is 0 Å². The lowest BCUT2D eigenvalue weighted by Crippen LogP contribution is -2.20. The highest BCUT2D eigenvalue weighted by molar-refractivity contribution is 5.84. The van der Waals surface area contributed by atoms with Gasteiger partial charge in [-0.15, -0.1) is 0 Å². The van der Waals surface area contributed by atoms with E-state index in [-0.39, 0.29) is 12.3 Å². The molecule has 0 aromatic rings. The van der Waals surface area contributed by atoms with Crippen LogP contribution in [0.3, 0.4) is 0 Å². The van der Waals surface area contributed by atoms with Crippen LogP contribution in [0.25, 0.3) is 0 Å². The second-order valence-electron chi connectivity index (χ2n) is 2.22. The Labute approximate surface area is 59.6 Å². The molecule has 0 saturated heterocycles. The fourth-order valence-electron chi connectivity index (χ4n) is 0.657. The highest BCUT2D eigenvalue weighted by Gasteiger charge is 2.08. The number of primary amides is 2. The summed E-state index contributed by atoms with van der Waals surface area (Å²) in [6.45, 7) is 1.70. The van der Waals surface area contributed by atoms with Gasteiger partial charge in [-0.2, -0.15) is 0 Å². The maximum Gasteiger partial charge on any atom is 0.221 e. The maximum atomic E-state index is 10.2. The predicted molar refractivity (Wildman–Crippen MR) is 36.5 cm³/mol. The first-order chi connectivity index (χ1) is 4.52. The Morgan fingerprint density at radius 3 is 2.30 bits per heavy atom. The van der Waals surface area contributed by atoms with Crippen LogP contribution in [0.2, 0.25) is 0 Å². The normalized spacial score (nSPS) is 9.80. The Morgan fingerprint density at radius 1 is 1.50 bits per heavy atom. The lowest BCUT2D eigenvalue weighted by molar-refractivity contribution is -0.118. The molecule has 2 amide bonds. The molecule has 10 heavy (non-hydrogen) atoms. The summed E-state index contributed by atoms with van der Waals surface area (Å²) in [7, 11) is 0. The molecule has 0 unspecified atom stereocenters. The molecule has 4 heteroatoms. The average Bonchev–Trinajstić information content (AvgIpc) is 1.58. The number of carbonyl (C=O) groups is 2. The zero-order valence-corrected chi connectivity index (χ0v) is 5.83. The monoisotopic (exact) mass is 143 g/mol. The van der Waals surface area contributed by atoms with Crippen molar-refractivity contribution in [2.45, 2.75) is 13.3 Å². The Hall–Kier alpha value is -1.06. The standard InChI is InChI=1S/C6H11N2O2/c1-4(2-5(7)9)3-6(8)10/h2,4H,3H2,1H3,(H2,7,9)(H2,8,10)/t4-/m0/s1. The van der Waals surface area contributed by atoms with Crippen molar-refractivity contribution in [2.75, 3.05) is 0 Å². The van der Waals surface area contributed by atoms with Gasteiger partial charge in [0.2, 0.25) is 11.8 Å². The van der Waals surface area contributed by atoms with Crippen LogP contribution in [-0.4, -0.2) is 11.8 Å². The van der Waals surface area contributed by atoms with Gasteiger partial charge in [-0.1, -0.05) is 6.92 Å². The van der Waals surface area contributed by atoms with Crippen molar-refractivity contribution in [3.05, 3.63) is 6.42 Å². The van der Waals surface area contributed by atoms with Crippen LogP contribution in [-0.2, 0) is 9.59 Å². The quantitative estimate of drug-likeness (QED) is 0.539. The lowest BCUT2D eigenvalue weighted by atomic mass is 10.0. The third-order valence-electron chi connectivity index (χ3n) is 0.972. The molecule has 0 aliphatic heterocycles. The van der Waals surface area contributed by atoms with E-state index in [9.17, 15) is 9.59 Å². The van der Waals surface area contributed by atoms with Crippen LogP contribution in [0.5, 0.6) is 0 Å². The average molecular weight is 143 g/mol. The highest BCUT2D eigenvalue weighted by atomic mass is 16.1. The molecule has 1 radical (unpaired) electrons. The second-order valence-corrected chi connectivity index (χ2v) is 2.22. The Bertz CT molecular complexity index is 129. The molecule has 0 rings (SSSR count). The Kier molecular flexibility index (Phi) is 3.46. The van der Waals surface area contributed by atoms with Crippen LogP contribution >= 0.6 is 0 Å². The van der Waals surface area contributed by atoms with E-state index in [1.54, 1.807) is 6.92 Å². The van der Waals surface area contributed by atoms with Gasteiger partial charge in [-0.25, -0.2) is 0 Å². The minimum absolute atomic E-state index is 0.157. The molecule has 4 nitrogen and oxygen atoms in total. The topological polar surface area (TPSA) is 86.2 Å².